The minimum Gasteiger partial charge on any atom is -0.271 e. The van der Waals surface area contributed by atoms with Crippen molar-refractivity contribution in [2.75, 3.05) is 0 Å². The number of hydrogen-bond acceptors (Lipinski definition) is 2. The predicted molar refractivity (Wildman–Crippen MR) is 71.3 cm³/mol. The van der Waals surface area contributed by atoms with Gasteiger partial charge in [0.1, 0.15) is 17.5 Å². The second-order valence-corrected chi connectivity index (χ2v) is 4.66. The van der Waals surface area contributed by atoms with Crippen molar-refractivity contribution in [3.8, 4) is 0 Å². The third-order valence-corrected chi connectivity index (χ3v) is 3.24. The molecule has 0 radical (unpaired) electrons. The fourth-order valence-corrected chi connectivity index (χ4v) is 2.21. The van der Waals surface area contributed by atoms with E-state index in [2.05, 4.69) is 5.43 Å². The summed E-state index contributed by atoms with van der Waals surface area (Å²) in [5.74, 6) is 4.14. The number of halogens is 3. The van der Waals surface area contributed by atoms with Gasteiger partial charge in [0.05, 0.1) is 6.04 Å². The lowest BCUT2D eigenvalue weighted by Crippen LogP contribution is -2.30. The van der Waals surface area contributed by atoms with Gasteiger partial charge in [-0.1, -0.05) is 6.07 Å². The first-order chi connectivity index (χ1) is 9.51. The topological polar surface area (TPSA) is 38.0 Å². The van der Waals surface area contributed by atoms with Crippen molar-refractivity contribution in [2.45, 2.75) is 19.4 Å². The minimum atomic E-state index is -0.506. The third kappa shape index (κ3) is 3.18. The molecule has 0 spiro atoms. The quantitative estimate of drug-likeness (QED) is 0.667. The van der Waals surface area contributed by atoms with Crippen LogP contribution in [0.3, 0.4) is 0 Å². The molecule has 0 amide bonds. The van der Waals surface area contributed by atoms with E-state index in [-0.39, 0.29) is 17.8 Å². The second kappa shape index (κ2) is 6.07. The van der Waals surface area contributed by atoms with E-state index in [1.807, 2.05) is 0 Å². The molecule has 0 saturated heterocycles. The van der Waals surface area contributed by atoms with E-state index >= 15 is 0 Å². The zero-order valence-electron chi connectivity index (χ0n) is 11.0. The standard InChI is InChI=1S/C15H15F3N2/c1-9-6-11(16)2-4-13(9)15(20-19)8-10-7-12(17)3-5-14(10)18/h2-7,15,20H,8,19H2,1H3. The highest BCUT2D eigenvalue weighted by Gasteiger charge is 2.16. The number of hydrazine groups is 1. The van der Waals surface area contributed by atoms with Crippen LogP contribution in [-0.2, 0) is 6.42 Å². The SMILES string of the molecule is Cc1cc(F)ccc1C(Cc1cc(F)ccc1F)NN. The van der Waals surface area contributed by atoms with Crippen LogP contribution < -0.4 is 11.3 Å². The lowest BCUT2D eigenvalue weighted by atomic mass is 9.95. The number of rotatable bonds is 4. The molecule has 20 heavy (non-hydrogen) atoms. The van der Waals surface area contributed by atoms with Gasteiger partial charge in [-0.3, -0.25) is 11.3 Å². The molecule has 0 aliphatic carbocycles. The first-order valence-corrected chi connectivity index (χ1v) is 6.17. The van der Waals surface area contributed by atoms with Gasteiger partial charge in [0, 0.05) is 0 Å². The first kappa shape index (κ1) is 14.6. The summed E-state index contributed by atoms with van der Waals surface area (Å²) in [6.45, 7) is 1.74. The molecule has 2 aromatic rings. The maximum atomic E-state index is 13.7. The van der Waals surface area contributed by atoms with Crippen LogP contribution in [0.5, 0.6) is 0 Å². The van der Waals surface area contributed by atoms with E-state index in [1.165, 1.54) is 12.1 Å². The zero-order valence-corrected chi connectivity index (χ0v) is 11.0. The van der Waals surface area contributed by atoms with Gasteiger partial charge in [0.25, 0.3) is 0 Å². The fourth-order valence-electron chi connectivity index (χ4n) is 2.21. The van der Waals surface area contributed by atoms with Crippen LogP contribution in [0.1, 0.15) is 22.7 Å². The normalized spacial score (nSPS) is 12.4. The van der Waals surface area contributed by atoms with Crippen LogP contribution in [0, 0.1) is 24.4 Å². The Labute approximate surface area is 115 Å². The van der Waals surface area contributed by atoms with Gasteiger partial charge in [-0.15, -0.1) is 0 Å². The van der Waals surface area contributed by atoms with Crippen molar-refractivity contribution in [1.82, 2.24) is 5.43 Å². The zero-order chi connectivity index (χ0) is 14.7. The molecule has 0 aromatic heterocycles. The van der Waals surface area contributed by atoms with Gasteiger partial charge in [0.15, 0.2) is 0 Å². The van der Waals surface area contributed by atoms with Gasteiger partial charge in [-0.25, -0.2) is 13.2 Å². The summed E-state index contributed by atoms with van der Waals surface area (Å²) in [6.07, 6.45) is 0.173. The highest BCUT2D eigenvalue weighted by molar-refractivity contribution is 5.31. The Hall–Kier alpha value is -1.85. The van der Waals surface area contributed by atoms with E-state index in [0.717, 1.165) is 23.8 Å². The van der Waals surface area contributed by atoms with Gasteiger partial charge in [-0.05, 0) is 60.4 Å². The summed E-state index contributed by atoms with van der Waals surface area (Å²) in [4.78, 5) is 0. The van der Waals surface area contributed by atoms with Crippen molar-refractivity contribution >= 4 is 0 Å². The summed E-state index contributed by atoms with van der Waals surface area (Å²) in [7, 11) is 0. The number of hydrogen-bond donors (Lipinski definition) is 2. The Morgan fingerprint density at radius 1 is 1.05 bits per heavy atom. The van der Waals surface area contributed by atoms with Gasteiger partial charge in [0.2, 0.25) is 0 Å². The van der Waals surface area contributed by atoms with Crippen LogP contribution in [0.25, 0.3) is 0 Å². The Kier molecular flexibility index (Phi) is 4.42. The summed E-state index contributed by atoms with van der Waals surface area (Å²) >= 11 is 0. The molecular formula is C15H15F3N2. The number of benzene rings is 2. The number of nitrogens with two attached hydrogens (primary N) is 1. The molecule has 0 aliphatic rings. The van der Waals surface area contributed by atoms with Crippen LogP contribution in [0.2, 0.25) is 0 Å². The van der Waals surface area contributed by atoms with Crippen LogP contribution >= 0.6 is 0 Å². The third-order valence-electron chi connectivity index (χ3n) is 3.24. The van der Waals surface area contributed by atoms with Gasteiger partial charge in [-0.2, -0.15) is 0 Å². The highest BCUT2D eigenvalue weighted by atomic mass is 19.1. The monoisotopic (exact) mass is 280 g/mol. The highest BCUT2D eigenvalue weighted by Crippen LogP contribution is 2.23. The summed E-state index contributed by atoms with van der Waals surface area (Å²) < 4.78 is 39.9. The van der Waals surface area contributed by atoms with Crippen molar-refractivity contribution in [3.05, 3.63) is 70.5 Å². The van der Waals surface area contributed by atoms with Crippen LogP contribution in [0.15, 0.2) is 36.4 Å². The summed E-state index contributed by atoms with van der Waals surface area (Å²) in [6, 6.07) is 7.14. The molecule has 0 heterocycles. The lowest BCUT2D eigenvalue weighted by molar-refractivity contribution is 0.519. The van der Waals surface area contributed by atoms with E-state index in [4.69, 9.17) is 5.84 Å². The molecule has 2 rings (SSSR count). The fraction of sp³-hybridized carbons (Fsp3) is 0.200. The molecule has 2 nitrogen and oxygen atoms in total. The Balaban J connectivity index is 2.31. The molecule has 0 aliphatic heterocycles. The second-order valence-electron chi connectivity index (χ2n) is 4.66. The summed E-state index contributed by atoms with van der Waals surface area (Å²) in [5.41, 5.74) is 4.23. The molecule has 0 bridgehead atoms. The molecule has 2 aromatic carbocycles. The van der Waals surface area contributed by atoms with E-state index in [1.54, 1.807) is 13.0 Å². The Bertz CT molecular complexity index is 614. The van der Waals surface area contributed by atoms with Crippen molar-refractivity contribution in [2.24, 2.45) is 5.84 Å². The Morgan fingerprint density at radius 3 is 2.35 bits per heavy atom. The van der Waals surface area contributed by atoms with E-state index in [9.17, 15) is 13.2 Å². The average Bonchev–Trinajstić information content (AvgIpc) is 2.40. The van der Waals surface area contributed by atoms with Gasteiger partial charge >= 0.3 is 0 Å². The molecule has 1 unspecified atom stereocenters. The van der Waals surface area contributed by atoms with Crippen LogP contribution in [0.4, 0.5) is 13.2 Å². The molecular weight excluding hydrogens is 265 g/mol. The lowest BCUT2D eigenvalue weighted by Gasteiger charge is -2.19. The predicted octanol–water partition coefficient (Wildman–Crippen LogP) is 3.16. The maximum absolute atomic E-state index is 13.7. The number of aryl methyl sites for hydroxylation is 1. The molecule has 5 heteroatoms. The van der Waals surface area contributed by atoms with Crippen molar-refractivity contribution in [3.63, 3.8) is 0 Å². The number of nitrogens with one attached hydrogen (secondary N) is 1. The first-order valence-electron chi connectivity index (χ1n) is 6.17. The van der Waals surface area contributed by atoms with Crippen LogP contribution in [-0.4, -0.2) is 0 Å². The minimum absolute atomic E-state index is 0.173. The van der Waals surface area contributed by atoms with E-state index in [0.29, 0.717) is 5.56 Å². The largest absolute Gasteiger partial charge is 0.271 e. The van der Waals surface area contributed by atoms with E-state index < -0.39 is 17.7 Å². The van der Waals surface area contributed by atoms with Crippen molar-refractivity contribution in [1.29, 1.82) is 0 Å². The summed E-state index contributed by atoms with van der Waals surface area (Å²) in [5, 5.41) is 0. The molecule has 106 valence electrons. The average molecular weight is 280 g/mol. The molecule has 0 fully saturated rings. The maximum Gasteiger partial charge on any atom is 0.126 e. The smallest absolute Gasteiger partial charge is 0.126 e. The van der Waals surface area contributed by atoms with Crippen molar-refractivity contribution < 1.29 is 13.2 Å². The molecule has 0 saturated carbocycles. The molecule has 3 N–H and O–H groups in total. The molecule has 1 atom stereocenters. The Morgan fingerprint density at radius 2 is 1.70 bits per heavy atom. The van der Waals surface area contributed by atoms with Gasteiger partial charge < -0.3 is 0 Å².